The number of nitrogens with zero attached hydrogens (tertiary/aromatic N) is 3. The normalized spacial score (nSPS) is 10.3. The predicted molar refractivity (Wildman–Crippen MR) is 77.2 cm³/mol. The Balaban J connectivity index is 1.95. The highest BCUT2D eigenvalue weighted by molar-refractivity contribution is 7.09. The molecule has 2 aromatic heterocycles. The van der Waals surface area contributed by atoms with Crippen molar-refractivity contribution in [3.8, 4) is 0 Å². The number of anilines is 2. The van der Waals surface area contributed by atoms with Gasteiger partial charge in [0.05, 0.1) is 23.9 Å². The molecular formula is C13H18N4S. The van der Waals surface area contributed by atoms with Crippen molar-refractivity contribution in [2.24, 2.45) is 0 Å². The summed E-state index contributed by atoms with van der Waals surface area (Å²) in [6, 6.07) is 4.13. The van der Waals surface area contributed by atoms with Crippen LogP contribution in [0.15, 0.2) is 30.0 Å². The highest BCUT2D eigenvalue weighted by Gasteiger charge is 2.02. The molecule has 4 nitrogen and oxygen atoms in total. The van der Waals surface area contributed by atoms with E-state index in [1.165, 1.54) is 4.88 Å². The lowest BCUT2D eigenvalue weighted by Gasteiger charge is -2.19. The zero-order chi connectivity index (χ0) is 12.8. The Morgan fingerprint density at radius 3 is 2.61 bits per heavy atom. The lowest BCUT2D eigenvalue weighted by molar-refractivity contribution is 0.846. The molecule has 0 spiro atoms. The van der Waals surface area contributed by atoms with E-state index < -0.39 is 0 Å². The first-order valence-electron chi connectivity index (χ1n) is 6.15. The van der Waals surface area contributed by atoms with Gasteiger partial charge < -0.3 is 10.2 Å². The largest absolute Gasteiger partial charge is 0.379 e. The van der Waals surface area contributed by atoms with Crippen LogP contribution in [-0.2, 0) is 6.54 Å². The standard InChI is InChI=1S/C13H18N4S/c1-3-17(4-2)13-6-5-11(7-16-13)15-9-12-8-14-10-18-12/h5-8,10,15H,3-4,9H2,1-2H3. The fourth-order valence-electron chi connectivity index (χ4n) is 1.74. The van der Waals surface area contributed by atoms with Gasteiger partial charge in [-0.25, -0.2) is 4.98 Å². The average Bonchev–Trinajstić information content (AvgIpc) is 2.92. The molecule has 2 aromatic rings. The second-order valence-electron chi connectivity index (χ2n) is 3.90. The van der Waals surface area contributed by atoms with Gasteiger partial charge in [0.1, 0.15) is 5.82 Å². The Kier molecular flexibility index (Phi) is 4.52. The van der Waals surface area contributed by atoms with Crippen LogP contribution in [0.2, 0.25) is 0 Å². The van der Waals surface area contributed by atoms with Crippen molar-refractivity contribution in [2.75, 3.05) is 23.3 Å². The molecule has 0 aliphatic rings. The second-order valence-corrected chi connectivity index (χ2v) is 4.87. The average molecular weight is 262 g/mol. The minimum absolute atomic E-state index is 0.803. The molecule has 0 atom stereocenters. The molecule has 0 saturated carbocycles. The van der Waals surface area contributed by atoms with E-state index in [0.29, 0.717) is 0 Å². The molecule has 2 heterocycles. The molecule has 0 aliphatic heterocycles. The Hall–Kier alpha value is -1.62. The summed E-state index contributed by atoms with van der Waals surface area (Å²) < 4.78 is 0. The Morgan fingerprint density at radius 2 is 2.06 bits per heavy atom. The van der Waals surface area contributed by atoms with Crippen molar-refractivity contribution in [1.29, 1.82) is 0 Å². The van der Waals surface area contributed by atoms with E-state index >= 15 is 0 Å². The van der Waals surface area contributed by atoms with Crippen molar-refractivity contribution >= 4 is 22.8 Å². The van der Waals surface area contributed by atoms with Crippen LogP contribution in [0.3, 0.4) is 0 Å². The first kappa shape index (κ1) is 12.8. The molecule has 5 heteroatoms. The first-order chi connectivity index (χ1) is 8.83. The maximum atomic E-state index is 4.47. The summed E-state index contributed by atoms with van der Waals surface area (Å²) in [6.07, 6.45) is 3.77. The predicted octanol–water partition coefficient (Wildman–Crippen LogP) is 3.00. The molecule has 96 valence electrons. The molecule has 0 aromatic carbocycles. The Morgan fingerprint density at radius 1 is 1.22 bits per heavy atom. The van der Waals surface area contributed by atoms with Crippen LogP contribution >= 0.6 is 11.3 Å². The summed E-state index contributed by atoms with van der Waals surface area (Å²) >= 11 is 1.66. The zero-order valence-electron chi connectivity index (χ0n) is 10.8. The topological polar surface area (TPSA) is 41.0 Å². The molecule has 0 unspecified atom stereocenters. The van der Waals surface area contributed by atoms with Crippen LogP contribution < -0.4 is 10.2 Å². The summed E-state index contributed by atoms with van der Waals surface area (Å²) in [6.45, 7) is 7.05. The van der Waals surface area contributed by atoms with E-state index in [0.717, 1.165) is 31.1 Å². The molecule has 18 heavy (non-hydrogen) atoms. The summed E-state index contributed by atoms with van der Waals surface area (Å²) in [4.78, 5) is 12.0. The maximum Gasteiger partial charge on any atom is 0.128 e. The van der Waals surface area contributed by atoms with Crippen molar-refractivity contribution in [3.05, 3.63) is 34.9 Å². The van der Waals surface area contributed by atoms with Crippen molar-refractivity contribution in [1.82, 2.24) is 9.97 Å². The number of rotatable bonds is 6. The monoisotopic (exact) mass is 262 g/mol. The fourth-order valence-corrected chi connectivity index (χ4v) is 2.28. The number of pyridine rings is 1. The van der Waals surface area contributed by atoms with Crippen LogP contribution in [-0.4, -0.2) is 23.1 Å². The molecule has 0 radical (unpaired) electrons. The minimum Gasteiger partial charge on any atom is -0.379 e. The molecule has 0 amide bonds. The van der Waals surface area contributed by atoms with Gasteiger partial charge in [-0.1, -0.05) is 0 Å². The number of hydrogen-bond donors (Lipinski definition) is 1. The van der Waals surface area contributed by atoms with Crippen molar-refractivity contribution in [2.45, 2.75) is 20.4 Å². The molecular weight excluding hydrogens is 244 g/mol. The lowest BCUT2D eigenvalue weighted by atomic mass is 10.3. The summed E-state index contributed by atoms with van der Waals surface area (Å²) in [5, 5.41) is 3.34. The van der Waals surface area contributed by atoms with Gasteiger partial charge in [0.25, 0.3) is 0 Å². The van der Waals surface area contributed by atoms with E-state index in [1.807, 2.05) is 17.9 Å². The molecule has 0 fully saturated rings. The highest BCUT2D eigenvalue weighted by Crippen LogP contribution is 2.15. The van der Waals surface area contributed by atoms with Crippen LogP contribution in [0.5, 0.6) is 0 Å². The lowest BCUT2D eigenvalue weighted by Crippen LogP contribution is -2.22. The van der Waals surface area contributed by atoms with Gasteiger partial charge in [0, 0.05) is 24.2 Å². The van der Waals surface area contributed by atoms with Crippen LogP contribution in [0.25, 0.3) is 0 Å². The third kappa shape index (κ3) is 3.20. The van der Waals surface area contributed by atoms with Gasteiger partial charge in [0.2, 0.25) is 0 Å². The minimum atomic E-state index is 0.803. The SMILES string of the molecule is CCN(CC)c1ccc(NCc2cncs2)cn1. The quantitative estimate of drug-likeness (QED) is 0.869. The molecule has 0 saturated heterocycles. The number of hydrogen-bond acceptors (Lipinski definition) is 5. The summed E-state index contributed by atoms with van der Waals surface area (Å²) in [5.41, 5.74) is 2.89. The van der Waals surface area contributed by atoms with Gasteiger partial charge in [0.15, 0.2) is 0 Å². The van der Waals surface area contributed by atoms with E-state index in [1.54, 1.807) is 11.3 Å². The van der Waals surface area contributed by atoms with E-state index in [-0.39, 0.29) is 0 Å². The molecule has 0 bridgehead atoms. The third-order valence-corrected chi connectivity index (χ3v) is 3.57. The van der Waals surface area contributed by atoms with Gasteiger partial charge in [-0.2, -0.15) is 0 Å². The van der Waals surface area contributed by atoms with E-state index in [4.69, 9.17) is 0 Å². The van der Waals surface area contributed by atoms with Gasteiger partial charge in [-0.15, -0.1) is 11.3 Å². The van der Waals surface area contributed by atoms with Gasteiger partial charge in [-0.3, -0.25) is 4.98 Å². The summed E-state index contributed by atoms with van der Waals surface area (Å²) in [7, 11) is 0. The van der Waals surface area contributed by atoms with Crippen molar-refractivity contribution in [3.63, 3.8) is 0 Å². The van der Waals surface area contributed by atoms with Crippen LogP contribution in [0.1, 0.15) is 18.7 Å². The third-order valence-electron chi connectivity index (χ3n) is 2.79. The number of thiazole rings is 1. The highest BCUT2D eigenvalue weighted by atomic mass is 32.1. The fraction of sp³-hybridized carbons (Fsp3) is 0.385. The summed E-state index contributed by atoms with van der Waals surface area (Å²) in [5.74, 6) is 1.03. The zero-order valence-corrected chi connectivity index (χ0v) is 11.6. The molecule has 1 N–H and O–H groups in total. The van der Waals surface area contributed by atoms with Gasteiger partial charge >= 0.3 is 0 Å². The number of aromatic nitrogens is 2. The van der Waals surface area contributed by atoms with Gasteiger partial charge in [-0.05, 0) is 26.0 Å². The maximum absolute atomic E-state index is 4.47. The Bertz CT molecular complexity index is 448. The Labute approximate surface area is 112 Å². The van der Waals surface area contributed by atoms with E-state index in [2.05, 4.69) is 46.2 Å². The molecule has 0 aliphatic carbocycles. The molecule has 2 rings (SSSR count). The first-order valence-corrected chi connectivity index (χ1v) is 7.03. The smallest absolute Gasteiger partial charge is 0.128 e. The van der Waals surface area contributed by atoms with Crippen LogP contribution in [0, 0.1) is 0 Å². The van der Waals surface area contributed by atoms with Crippen molar-refractivity contribution < 1.29 is 0 Å². The second kappa shape index (κ2) is 6.35. The van der Waals surface area contributed by atoms with E-state index in [9.17, 15) is 0 Å². The van der Waals surface area contributed by atoms with Crippen LogP contribution in [0.4, 0.5) is 11.5 Å². The number of nitrogens with one attached hydrogen (secondary N) is 1.